The lowest BCUT2D eigenvalue weighted by Gasteiger charge is -2.02. The number of nitrogens with zero attached hydrogens (tertiary/aromatic N) is 4. The number of aromatic nitrogens is 4. The van der Waals surface area contributed by atoms with Crippen LogP contribution >= 0.6 is 22.6 Å². The Balaban J connectivity index is 1.96. The fourth-order valence-corrected chi connectivity index (χ4v) is 1.27. The van der Waals surface area contributed by atoms with Crippen molar-refractivity contribution in [2.24, 2.45) is 0 Å². The highest BCUT2D eigenvalue weighted by atomic mass is 127. The average molecular weight is 313 g/mol. The zero-order valence-corrected chi connectivity index (χ0v) is 9.92. The van der Waals surface area contributed by atoms with Gasteiger partial charge in [-0.1, -0.05) is 0 Å². The van der Waals surface area contributed by atoms with Crippen molar-refractivity contribution >= 4 is 28.5 Å². The summed E-state index contributed by atoms with van der Waals surface area (Å²) in [6.07, 6.45) is 6.75. The highest BCUT2D eigenvalue weighted by Gasteiger charge is 1.96. The summed E-state index contributed by atoms with van der Waals surface area (Å²) in [5, 5.41) is 3.07. The zero-order valence-electron chi connectivity index (χ0n) is 7.76. The second-order valence-corrected chi connectivity index (χ2v) is 4.02. The zero-order chi connectivity index (χ0) is 10.5. The molecule has 6 heteroatoms. The molecular weight excluding hydrogens is 305 g/mol. The van der Waals surface area contributed by atoms with E-state index in [1.54, 1.807) is 18.6 Å². The van der Waals surface area contributed by atoms with Crippen LogP contribution in [0.25, 0.3) is 0 Å². The van der Waals surface area contributed by atoms with Crippen molar-refractivity contribution in [3.05, 3.63) is 40.2 Å². The predicted octanol–water partition coefficient (Wildman–Crippen LogP) is 1.48. The molecule has 0 aliphatic rings. The summed E-state index contributed by atoms with van der Waals surface area (Å²) in [6, 6.07) is 1.85. The van der Waals surface area contributed by atoms with Crippen molar-refractivity contribution in [3.63, 3.8) is 0 Å². The van der Waals surface area contributed by atoms with Gasteiger partial charge in [0, 0.05) is 22.2 Å². The summed E-state index contributed by atoms with van der Waals surface area (Å²) in [6.45, 7) is 0.600. The summed E-state index contributed by atoms with van der Waals surface area (Å²) in [5.41, 5.74) is 0.909. The molecule has 2 aromatic rings. The largest absolute Gasteiger partial charge is 0.349 e. The van der Waals surface area contributed by atoms with Gasteiger partial charge in [-0.15, -0.1) is 0 Å². The third-order valence-corrected chi connectivity index (χ3v) is 2.25. The minimum atomic E-state index is 0.600. The number of hydrogen-bond acceptors (Lipinski definition) is 5. The normalized spacial score (nSPS) is 9.93. The van der Waals surface area contributed by atoms with E-state index in [1.807, 2.05) is 6.07 Å². The topological polar surface area (TPSA) is 63.6 Å². The summed E-state index contributed by atoms with van der Waals surface area (Å²) in [5.74, 6) is 0.606. The lowest BCUT2D eigenvalue weighted by Crippen LogP contribution is -2.04. The first-order valence-electron chi connectivity index (χ1n) is 4.31. The molecule has 2 aromatic heterocycles. The van der Waals surface area contributed by atoms with E-state index in [2.05, 4.69) is 47.8 Å². The monoisotopic (exact) mass is 313 g/mol. The first kappa shape index (κ1) is 10.2. The van der Waals surface area contributed by atoms with Crippen LogP contribution in [0.1, 0.15) is 5.69 Å². The molecule has 0 atom stereocenters. The van der Waals surface area contributed by atoms with Gasteiger partial charge < -0.3 is 5.32 Å². The molecule has 1 N–H and O–H groups in total. The van der Waals surface area contributed by atoms with Crippen LogP contribution in [-0.2, 0) is 6.54 Å². The second-order valence-electron chi connectivity index (χ2n) is 2.78. The molecule has 0 radical (unpaired) electrons. The van der Waals surface area contributed by atoms with Crippen LogP contribution in [0.3, 0.4) is 0 Å². The van der Waals surface area contributed by atoms with Crippen LogP contribution in [0.15, 0.2) is 31.0 Å². The standard InChI is InChI=1S/C9H8IN5/c10-7-3-12-9(13-4-7)14-5-8-1-2-11-6-15-8/h1-4,6H,5H2,(H,12,13,14). The minimum Gasteiger partial charge on any atom is -0.349 e. The molecule has 0 saturated heterocycles. The Morgan fingerprint density at radius 2 is 2.00 bits per heavy atom. The SMILES string of the molecule is Ic1cnc(NCc2ccncn2)nc1. The maximum Gasteiger partial charge on any atom is 0.222 e. The van der Waals surface area contributed by atoms with E-state index in [4.69, 9.17) is 0 Å². The van der Waals surface area contributed by atoms with E-state index < -0.39 is 0 Å². The van der Waals surface area contributed by atoms with Crippen LogP contribution < -0.4 is 5.32 Å². The van der Waals surface area contributed by atoms with E-state index in [-0.39, 0.29) is 0 Å². The Hall–Kier alpha value is -1.31. The van der Waals surface area contributed by atoms with Crippen molar-refractivity contribution in [1.29, 1.82) is 0 Å². The summed E-state index contributed by atoms with van der Waals surface area (Å²) in [4.78, 5) is 16.2. The molecule has 0 spiro atoms. The van der Waals surface area contributed by atoms with E-state index in [0.29, 0.717) is 12.5 Å². The maximum absolute atomic E-state index is 4.12. The predicted molar refractivity (Wildman–Crippen MR) is 64.1 cm³/mol. The van der Waals surface area contributed by atoms with E-state index in [0.717, 1.165) is 9.26 Å². The first-order valence-corrected chi connectivity index (χ1v) is 5.39. The average Bonchev–Trinajstić information content (AvgIpc) is 2.30. The van der Waals surface area contributed by atoms with Crippen molar-refractivity contribution < 1.29 is 0 Å². The second kappa shape index (κ2) is 4.96. The number of nitrogens with one attached hydrogen (secondary N) is 1. The molecule has 76 valence electrons. The van der Waals surface area contributed by atoms with Gasteiger partial charge in [0.25, 0.3) is 0 Å². The molecule has 2 heterocycles. The van der Waals surface area contributed by atoms with Gasteiger partial charge in [0.1, 0.15) is 6.33 Å². The Morgan fingerprint density at radius 1 is 1.20 bits per heavy atom. The van der Waals surface area contributed by atoms with Crippen LogP contribution in [0.4, 0.5) is 5.95 Å². The van der Waals surface area contributed by atoms with Crippen molar-refractivity contribution in [2.45, 2.75) is 6.54 Å². The van der Waals surface area contributed by atoms with Crippen molar-refractivity contribution in [1.82, 2.24) is 19.9 Å². The maximum atomic E-state index is 4.12. The summed E-state index contributed by atoms with van der Waals surface area (Å²) >= 11 is 2.16. The van der Waals surface area contributed by atoms with Gasteiger partial charge in [0.05, 0.1) is 12.2 Å². The van der Waals surface area contributed by atoms with Gasteiger partial charge in [0.2, 0.25) is 5.95 Å². The fraction of sp³-hybridized carbons (Fsp3) is 0.111. The molecule has 0 fully saturated rings. The Labute approximate surface area is 101 Å². The molecule has 2 rings (SSSR count). The first-order chi connectivity index (χ1) is 7.34. The molecule has 0 saturated carbocycles. The molecule has 0 amide bonds. The number of halogens is 1. The van der Waals surface area contributed by atoms with Crippen LogP contribution in [0.2, 0.25) is 0 Å². The van der Waals surface area contributed by atoms with Crippen LogP contribution in [0.5, 0.6) is 0 Å². The van der Waals surface area contributed by atoms with Crippen molar-refractivity contribution in [2.75, 3.05) is 5.32 Å². The summed E-state index contributed by atoms with van der Waals surface area (Å²) in [7, 11) is 0. The highest BCUT2D eigenvalue weighted by molar-refractivity contribution is 14.1. The third-order valence-electron chi connectivity index (χ3n) is 1.69. The molecule has 0 aliphatic heterocycles. The van der Waals surface area contributed by atoms with E-state index in [9.17, 15) is 0 Å². The highest BCUT2D eigenvalue weighted by Crippen LogP contribution is 2.03. The van der Waals surface area contributed by atoms with Gasteiger partial charge in [0.15, 0.2) is 0 Å². The number of hydrogen-bond donors (Lipinski definition) is 1. The lowest BCUT2D eigenvalue weighted by molar-refractivity contribution is 0.976. The Bertz CT molecular complexity index is 416. The van der Waals surface area contributed by atoms with Gasteiger partial charge in [-0.25, -0.2) is 19.9 Å². The van der Waals surface area contributed by atoms with Gasteiger partial charge in [-0.2, -0.15) is 0 Å². The van der Waals surface area contributed by atoms with Crippen LogP contribution in [-0.4, -0.2) is 19.9 Å². The molecule has 5 nitrogen and oxygen atoms in total. The summed E-state index contributed by atoms with van der Waals surface area (Å²) < 4.78 is 1.01. The van der Waals surface area contributed by atoms with E-state index >= 15 is 0 Å². The smallest absolute Gasteiger partial charge is 0.222 e. The fourth-order valence-electron chi connectivity index (χ4n) is 0.996. The van der Waals surface area contributed by atoms with Crippen LogP contribution in [0, 0.1) is 3.57 Å². The molecular formula is C9H8IN5. The Kier molecular flexibility index (Phi) is 3.38. The molecule has 15 heavy (non-hydrogen) atoms. The minimum absolute atomic E-state index is 0.600. The molecule has 0 unspecified atom stereocenters. The molecule has 0 bridgehead atoms. The van der Waals surface area contributed by atoms with Gasteiger partial charge in [-0.05, 0) is 28.7 Å². The number of rotatable bonds is 3. The Morgan fingerprint density at radius 3 is 2.67 bits per heavy atom. The number of anilines is 1. The van der Waals surface area contributed by atoms with Gasteiger partial charge >= 0.3 is 0 Å². The molecule has 0 aliphatic carbocycles. The van der Waals surface area contributed by atoms with E-state index in [1.165, 1.54) is 6.33 Å². The lowest BCUT2D eigenvalue weighted by atomic mass is 10.4. The van der Waals surface area contributed by atoms with Gasteiger partial charge in [-0.3, -0.25) is 0 Å². The third kappa shape index (κ3) is 3.08. The molecule has 0 aromatic carbocycles. The quantitative estimate of drug-likeness (QED) is 0.870. The van der Waals surface area contributed by atoms with Crippen molar-refractivity contribution in [3.8, 4) is 0 Å².